The van der Waals surface area contributed by atoms with Crippen molar-refractivity contribution in [3.8, 4) is 5.75 Å². The predicted octanol–water partition coefficient (Wildman–Crippen LogP) is 5.02. The number of hydrogen-bond acceptors (Lipinski definition) is 9. The summed E-state index contributed by atoms with van der Waals surface area (Å²) in [4.78, 5) is 25.6. The number of nitrogens with one attached hydrogen (secondary N) is 1. The molecule has 220 valence electrons. The maximum Gasteiger partial charge on any atom is 0.190 e. The van der Waals surface area contributed by atoms with Gasteiger partial charge >= 0.3 is 0 Å². The van der Waals surface area contributed by atoms with Gasteiger partial charge in [-0.15, -0.1) is 0 Å². The highest BCUT2D eigenvalue weighted by atomic mass is 19.1. The Hall–Kier alpha value is -3.98. The van der Waals surface area contributed by atoms with Crippen LogP contribution in [-0.4, -0.2) is 85.8 Å². The van der Waals surface area contributed by atoms with Gasteiger partial charge in [-0.3, -0.25) is 9.74 Å². The van der Waals surface area contributed by atoms with Gasteiger partial charge in [0.05, 0.1) is 32.0 Å². The Bertz CT molecular complexity index is 1430. The molecule has 0 spiro atoms. The number of piperazine rings is 1. The molecule has 6 rings (SSSR count). The summed E-state index contributed by atoms with van der Waals surface area (Å²) in [5, 5.41) is 5.03. The van der Waals surface area contributed by atoms with E-state index in [9.17, 15) is 4.39 Å². The molecular formula is C31H37FN8O2. The van der Waals surface area contributed by atoms with Crippen LogP contribution in [0.1, 0.15) is 30.9 Å². The van der Waals surface area contributed by atoms with E-state index in [1.54, 1.807) is 24.3 Å². The fraction of sp³-hybridized carbons (Fsp3) is 0.452. The molecule has 1 N–H and O–H groups in total. The number of hydroxylamine groups is 1. The van der Waals surface area contributed by atoms with Gasteiger partial charge in [0.1, 0.15) is 23.7 Å². The zero-order valence-electron chi connectivity index (χ0n) is 24.2. The van der Waals surface area contributed by atoms with Crippen LogP contribution >= 0.6 is 0 Å². The van der Waals surface area contributed by atoms with Crippen molar-refractivity contribution in [1.29, 1.82) is 0 Å². The van der Waals surface area contributed by atoms with Gasteiger partial charge in [-0.1, -0.05) is 6.07 Å². The number of piperidine rings is 1. The van der Waals surface area contributed by atoms with Crippen molar-refractivity contribution in [1.82, 2.24) is 19.8 Å². The second kappa shape index (κ2) is 12.5. The summed E-state index contributed by atoms with van der Waals surface area (Å²) in [5.41, 5.74) is 2.89. The van der Waals surface area contributed by atoms with E-state index in [0.717, 1.165) is 43.3 Å². The predicted molar refractivity (Wildman–Crippen MR) is 161 cm³/mol. The molecule has 42 heavy (non-hydrogen) atoms. The van der Waals surface area contributed by atoms with Crippen molar-refractivity contribution < 1.29 is 14.0 Å². The fourth-order valence-electron chi connectivity index (χ4n) is 6.18. The first kappa shape index (κ1) is 28.2. The molecule has 3 aliphatic rings. The topological polar surface area (TPSA) is 73.6 Å². The summed E-state index contributed by atoms with van der Waals surface area (Å²) >= 11 is 0. The molecular weight excluding hydrogens is 535 g/mol. The number of rotatable bonds is 7. The Morgan fingerprint density at radius 3 is 2.57 bits per heavy atom. The summed E-state index contributed by atoms with van der Waals surface area (Å²) in [7, 11) is 3.88. The smallest absolute Gasteiger partial charge is 0.190 e. The molecule has 0 bridgehead atoms. The lowest BCUT2D eigenvalue weighted by atomic mass is 10.0. The second-order valence-electron chi connectivity index (χ2n) is 11.1. The molecule has 3 aliphatic heterocycles. The van der Waals surface area contributed by atoms with E-state index >= 15 is 0 Å². The second-order valence-corrected chi connectivity index (χ2v) is 11.1. The highest BCUT2D eigenvalue weighted by Crippen LogP contribution is 2.37. The summed E-state index contributed by atoms with van der Waals surface area (Å²) in [5.74, 6) is 1.41. The average Bonchev–Trinajstić information content (AvgIpc) is 3.52. The van der Waals surface area contributed by atoms with Crippen molar-refractivity contribution in [2.75, 3.05) is 75.3 Å². The summed E-state index contributed by atoms with van der Waals surface area (Å²) in [6.07, 6.45) is 4.46. The van der Waals surface area contributed by atoms with E-state index in [2.05, 4.69) is 54.0 Å². The van der Waals surface area contributed by atoms with Gasteiger partial charge in [0, 0.05) is 69.6 Å². The molecule has 3 aromatic rings. The minimum absolute atomic E-state index is 0.261. The van der Waals surface area contributed by atoms with E-state index in [0.29, 0.717) is 36.3 Å². The quantitative estimate of drug-likeness (QED) is 0.393. The third-order valence-corrected chi connectivity index (χ3v) is 8.53. The lowest BCUT2D eigenvalue weighted by Crippen LogP contribution is -2.52. The Balaban J connectivity index is 1.13. The van der Waals surface area contributed by atoms with Gasteiger partial charge in [0.2, 0.25) is 0 Å². The van der Waals surface area contributed by atoms with Crippen LogP contribution in [-0.2, 0) is 4.84 Å². The lowest BCUT2D eigenvalue weighted by molar-refractivity contribution is 0.0982. The van der Waals surface area contributed by atoms with E-state index in [-0.39, 0.29) is 11.7 Å². The van der Waals surface area contributed by atoms with E-state index in [1.165, 1.54) is 44.4 Å². The number of aromatic nitrogens is 2. The Morgan fingerprint density at radius 2 is 1.81 bits per heavy atom. The first-order chi connectivity index (χ1) is 20.5. The molecule has 3 fully saturated rings. The lowest BCUT2D eigenvalue weighted by Gasteiger charge is -2.42. The van der Waals surface area contributed by atoms with Crippen LogP contribution in [0.5, 0.6) is 5.75 Å². The van der Waals surface area contributed by atoms with Crippen molar-refractivity contribution in [2.45, 2.75) is 31.3 Å². The van der Waals surface area contributed by atoms with Crippen LogP contribution in [0.25, 0.3) is 4.85 Å². The van der Waals surface area contributed by atoms with Gasteiger partial charge in [-0.25, -0.2) is 24.3 Å². The van der Waals surface area contributed by atoms with Crippen LogP contribution < -0.4 is 20.0 Å². The molecule has 2 aromatic carbocycles. The first-order valence-electron chi connectivity index (χ1n) is 14.6. The average molecular weight is 573 g/mol. The number of halogens is 1. The molecule has 3 saturated heterocycles. The Labute approximate surface area is 246 Å². The molecule has 4 heterocycles. The number of methoxy groups -OCH3 is 1. The Kier molecular flexibility index (Phi) is 8.37. The van der Waals surface area contributed by atoms with Gasteiger partial charge in [0.25, 0.3) is 0 Å². The SMILES string of the molecule is [C-]#[N+]c1cc(F)cc([C@H]2CCON2c2cc(Nc3ccc(N4CCC(N5CCN(C)CC5)CC4)cc3OC)ncn2)c1. The Morgan fingerprint density at radius 1 is 1.00 bits per heavy atom. The third kappa shape index (κ3) is 6.11. The zero-order chi connectivity index (χ0) is 29.1. The molecule has 0 aliphatic carbocycles. The summed E-state index contributed by atoms with van der Waals surface area (Å²) in [6.45, 7) is 14.4. The van der Waals surface area contributed by atoms with Gasteiger partial charge in [-0.05, 0) is 49.7 Å². The van der Waals surface area contributed by atoms with Crippen LogP contribution in [0.2, 0.25) is 0 Å². The van der Waals surface area contributed by atoms with Crippen LogP contribution in [0.15, 0.2) is 48.8 Å². The fourth-order valence-corrected chi connectivity index (χ4v) is 6.18. The summed E-state index contributed by atoms with van der Waals surface area (Å²) in [6, 6.07) is 12.8. The van der Waals surface area contributed by atoms with Crippen LogP contribution in [0.3, 0.4) is 0 Å². The van der Waals surface area contributed by atoms with Crippen LogP contribution in [0, 0.1) is 12.4 Å². The normalized spacial score (nSPS) is 20.5. The van der Waals surface area contributed by atoms with Crippen LogP contribution in [0.4, 0.5) is 33.1 Å². The van der Waals surface area contributed by atoms with Crippen molar-refractivity contribution in [3.05, 3.63) is 71.6 Å². The molecule has 10 nitrogen and oxygen atoms in total. The molecule has 0 amide bonds. The third-order valence-electron chi connectivity index (χ3n) is 8.53. The maximum absolute atomic E-state index is 14.2. The molecule has 0 saturated carbocycles. The number of likely N-dealkylation sites (N-methyl/N-ethyl adjacent to an activating group) is 1. The number of nitrogens with zero attached hydrogens (tertiary/aromatic N) is 7. The van der Waals surface area contributed by atoms with E-state index in [4.69, 9.17) is 16.1 Å². The van der Waals surface area contributed by atoms with Crippen molar-refractivity contribution >= 4 is 28.7 Å². The number of hydrogen-bond donors (Lipinski definition) is 1. The zero-order valence-corrected chi connectivity index (χ0v) is 24.2. The monoisotopic (exact) mass is 572 g/mol. The van der Waals surface area contributed by atoms with Gasteiger partial charge in [0.15, 0.2) is 11.5 Å². The largest absolute Gasteiger partial charge is 0.494 e. The molecule has 0 radical (unpaired) electrons. The van der Waals surface area contributed by atoms with Gasteiger partial charge in [-0.2, -0.15) is 0 Å². The van der Waals surface area contributed by atoms with Crippen molar-refractivity contribution in [2.24, 2.45) is 0 Å². The maximum atomic E-state index is 14.2. The molecule has 1 aromatic heterocycles. The number of anilines is 4. The van der Waals surface area contributed by atoms with E-state index in [1.807, 2.05) is 6.07 Å². The minimum Gasteiger partial charge on any atom is -0.494 e. The van der Waals surface area contributed by atoms with Gasteiger partial charge < -0.3 is 19.9 Å². The standard InChI is InChI=1S/C31H37FN8O2/c1-33-24-17-22(16-23(32)18-24)28-8-15-42-40(28)31-20-30(34-21-35-31)36-27-5-4-26(19-29(27)41-3)38-9-6-25(7-10-38)39-13-11-37(2)12-14-39/h4-5,16-21,25,28H,6-15H2,2-3H3,(H,34,35,36)/t28-/m1/s1. The minimum atomic E-state index is -0.440. The number of ether oxygens (including phenoxy) is 1. The molecule has 0 unspecified atom stereocenters. The number of benzene rings is 2. The van der Waals surface area contributed by atoms with Crippen molar-refractivity contribution in [3.63, 3.8) is 0 Å². The highest BCUT2D eigenvalue weighted by Gasteiger charge is 2.30. The first-order valence-corrected chi connectivity index (χ1v) is 14.6. The van der Waals surface area contributed by atoms with E-state index < -0.39 is 5.82 Å². The highest BCUT2D eigenvalue weighted by molar-refractivity contribution is 5.70. The summed E-state index contributed by atoms with van der Waals surface area (Å²) < 4.78 is 19.9. The molecule has 11 heteroatoms. The molecule has 1 atom stereocenters.